The van der Waals surface area contributed by atoms with Crippen LogP contribution in [0.2, 0.25) is 0 Å². The van der Waals surface area contributed by atoms with Gasteiger partial charge < -0.3 is 9.67 Å². The lowest BCUT2D eigenvalue weighted by Gasteiger charge is -2.25. The molecule has 0 saturated carbocycles. The Hall–Kier alpha value is -2.21. The highest BCUT2D eigenvalue weighted by molar-refractivity contribution is 5.75. The molecule has 1 aromatic heterocycles. The number of benzene rings is 1. The van der Waals surface area contributed by atoms with E-state index >= 15 is 0 Å². The van der Waals surface area contributed by atoms with E-state index in [0.29, 0.717) is 17.7 Å². The van der Waals surface area contributed by atoms with E-state index in [1.165, 1.54) is 12.1 Å². The molecular formula is C16H20FN3O2. The van der Waals surface area contributed by atoms with Crippen LogP contribution in [0.5, 0.6) is 0 Å². The molecule has 1 heterocycles. The lowest BCUT2D eigenvalue weighted by molar-refractivity contribution is -0.143. The van der Waals surface area contributed by atoms with Gasteiger partial charge in [0.1, 0.15) is 17.7 Å². The van der Waals surface area contributed by atoms with Crippen molar-refractivity contribution in [1.82, 2.24) is 14.5 Å². The normalized spacial score (nSPS) is 12.6. The van der Waals surface area contributed by atoms with Gasteiger partial charge in [-0.2, -0.15) is 0 Å². The Morgan fingerprint density at radius 3 is 2.82 bits per heavy atom. The summed E-state index contributed by atoms with van der Waals surface area (Å²) in [6.45, 7) is 4.80. The fourth-order valence-electron chi connectivity index (χ4n) is 2.52. The van der Waals surface area contributed by atoms with E-state index in [9.17, 15) is 14.3 Å². The number of aromatic nitrogens is 2. The number of hydrogen-bond donors (Lipinski definition) is 1. The zero-order valence-electron chi connectivity index (χ0n) is 13.0. The third-order valence-corrected chi connectivity index (χ3v) is 3.71. The van der Waals surface area contributed by atoms with Gasteiger partial charge in [0.05, 0.1) is 6.54 Å². The molecule has 1 atom stereocenters. The van der Waals surface area contributed by atoms with Crippen LogP contribution in [0.1, 0.15) is 29.9 Å². The maximum absolute atomic E-state index is 13.4. The monoisotopic (exact) mass is 305 g/mol. The largest absolute Gasteiger partial charge is 0.480 e. The van der Waals surface area contributed by atoms with Gasteiger partial charge in [0.2, 0.25) is 0 Å². The molecule has 0 aliphatic rings. The number of likely N-dealkylation sites (N-methyl/N-ethyl adjacent to an activating group) is 1. The highest BCUT2D eigenvalue weighted by atomic mass is 19.1. The first-order valence-corrected chi connectivity index (χ1v) is 7.13. The van der Waals surface area contributed by atoms with E-state index in [2.05, 4.69) is 4.98 Å². The van der Waals surface area contributed by atoms with Crippen LogP contribution >= 0.6 is 0 Å². The molecule has 6 heteroatoms. The summed E-state index contributed by atoms with van der Waals surface area (Å²) in [5.41, 5.74) is 0.996. The molecule has 0 saturated heterocycles. The molecule has 1 unspecified atom stereocenters. The summed E-state index contributed by atoms with van der Waals surface area (Å²) in [7, 11) is 1.73. The minimum atomic E-state index is -0.969. The second-order valence-electron chi connectivity index (χ2n) is 5.29. The van der Waals surface area contributed by atoms with Gasteiger partial charge in [0.15, 0.2) is 0 Å². The Balaban J connectivity index is 2.27. The van der Waals surface area contributed by atoms with Crippen LogP contribution < -0.4 is 0 Å². The Labute approximate surface area is 129 Å². The summed E-state index contributed by atoms with van der Waals surface area (Å²) in [5.74, 6) is -0.504. The van der Waals surface area contributed by atoms with Gasteiger partial charge in [0, 0.05) is 18.9 Å². The minimum Gasteiger partial charge on any atom is -0.480 e. The number of nitrogens with zero attached hydrogens (tertiary/aromatic N) is 3. The summed E-state index contributed by atoms with van der Waals surface area (Å²) >= 11 is 0. The molecule has 0 aliphatic heterocycles. The molecule has 118 valence electrons. The zero-order valence-corrected chi connectivity index (χ0v) is 13.0. The van der Waals surface area contributed by atoms with Gasteiger partial charge in [0.25, 0.3) is 0 Å². The quantitative estimate of drug-likeness (QED) is 0.891. The van der Waals surface area contributed by atoms with Crippen molar-refractivity contribution in [3.8, 4) is 0 Å². The van der Waals surface area contributed by atoms with Crippen molar-refractivity contribution in [3.63, 3.8) is 0 Å². The van der Waals surface area contributed by atoms with Crippen LogP contribution in [0.4, 0.5) is 4.39 Å². The van der Waals surface area contributed by atoms with Crippen molar-refractivity contribution < 1.29 is 14.3 Å². The lowest BCUT2D eigenvalue weighted by atomic mass is 10.0. The molecule has 2 rings (SSSR count). The van der Waals surface area contributed by atoms with Gasteiger partial charge in [-0.3, -0.25) is 9.69 Å². The molecule has 1 aromatic carbocycles. The predicted molar refractivity (Wildman–Crippen MR) is 80.9 cm³/mol. The van der Waals surface area contributed by atoms with E-state index in [-0.39, 0.29) is 5.82 Å². The van der Waals surface area contributed by atoms with Crippen LogP contribution in [0, 0.1) is 12.7 Å². The van der Waals surface area contributed by atoms with Crippen molar-refractivity contribution in [2.24, 2.45) is 0 Å². The fraction of sp³-hybridized carbons (Fsp3) is 0.375. The predicted octanol–water partition coefficient (Wildman–Crippen LogP) is 2.61. The Morgan fingerprint density at radius 2 is 2.23 bits per heavy atom. The first kappa shape index (κ1) is 16.2. The van der Waals surface area contributed by atoms with Gasteiger partial charge in [-0.15, -0.1) is 0 Å². The number of halogens is 1. The summed E-state index contributed by atoms with van der Waals surface area (Å²) in [4.78, 5) is 17.6. The van der Waals surface area contributed by atoms with E-state index in [1.807, 2.05) is 17.7 Å². The molecule has 0 aliphatic carbocycles. The van der Waals surface area contributed by atoms with Crippen LogP contribution in [-0.2, 0) is 17.9 Å². The standard InChI is InChI=1S/C16H20FN3O2/c1-4-20-8-7-18-14(20)10-19(3)15(16(21)22)12-5-6-13(17)11(2)9-12/h5-9,15H,4,10H2,1-3H3,(H,21,22). The molecule has 0 bridgehead atoms. The van der Waals surface area contributed by atoms with Crippen molar-refractivity contribution in [2.45, 2.75) is 33.0 Å². The summed E-state index contributed by atoms with van der Waals surface area (Å²) in [6.07, 6.45) is 3.56. The molecule has 0 radical (unpaired) electrons. The SMILES string of the molecule is CCn1ccnc1CN(C)C(C(=O)O)c1ccc(F)c(C)c1. The molecular weight excluding hydrogens is 285 g/mol. The van der Waals surface area contributed by atoms with Crippen LogP contribution in [-0.4, -0.2) is 32.6 Å². The number of carboxylic acid groups (broad SMARTS) is 1. The van der Waals surface area contributed by atoms with E-state index in [4.69, 9.17) is 0 Å². The van der Waals surface area contributed by atoms with Crippen molar-refractivity contribution in [3.05, 3.63) is 53.4 Å². The number of carboxylic acids is 1. The topological polar surface area (TPSA) is 58.4 Å². The van der Waals surface area contributed by atoms with Gasteiger partial charge >= 0.3 is 5.97 Å². The number of rotatable bonds is 6. The molecule has 2 aromatic rings. The number of imidazole rings is 1. The molecule has 0 fully saturated rings. The smallest absolute Gasteiger partial charge is 0.325 e. The Bertz CT molecular complexity index is 669. The highest BCUT2D eigenvalue weighted by Gasteiger charge is 2.26. The zero-order chi connectivity index (χ0) is 16.3. The van der Waals surface area contributed by atoms with Gasteiger partial charge in [-0.1, -0.05) is 12.1 Å². The van der Waals surface area contributed by atoms with Gasteiger partial charge in [-0.05, 0) is 38.1 Å². The van der Waals surface area contributed by atoms with Gasteiger partial charge in [-0.25, -0.2) is 9.37 Å². The Morgan fingerprint density at radius 1 is 1.50 bits per heavy atom. The second kappa shape index (κ2) is 6.70. The first-order chi connectivity index (χ1) is 10.4. The van der Waals surface area contributed by atoms with Crippen molar-refractivity contribution >= 4 is 5.97 Å². The maximum atomic E-state index is 13.4. The van der Waals surface area contributed by atoms with E-state index in [0.717, 1.165) is 12.4 Å². The Kier molecular flexibility index (Phi) is 4.92. The lowest BCUT2D eigenvalue weighted by Crippen LogP contribution is -2.31. The average molecular weight is 305 g/mol. The van der Waals surface area contributed by atoms with Crippen LogP contribution in [0.25, 0.3) is 0 Å². The van der Waals surface area contributed by atoms with Crippen molar-refractivity contribution in [1.29, 1.82) is 0 Å². The molecule has 5 nitrogen and oxygen atoms in total. The third-order valence-electron chi connectivity index (χ3n) is 3.71. The molecule has 22 heavy (non-hydrogen) atoms. The van der Waals surface area contributed by atoms with E-state index < -0.39 is 12.0 Å². The summed E-state index contributed by atoms with van der Waals surface area (Å²) < 4.78 is 15.4. The molecule has 0 spiro atoms. The van der Waals surface area contributed by atoms with Crippen LogP contribution in [0.3, 0.4) is 0 Å². The summed E-state index contributed by atoms with van der Waals surface area (Å²) in [5, 5.41) is 9.55. The third kappa shape index (κ3) is 3.33. The first-order valence-electron chi connectivity index (χ1n) is 7.13. The fourth-order valence-corrected chi connectivity index (χ4v) is 2.52. The van der Waals surface area contributed by atoms with E-state index in [1.54, 1.807) is 31.1 Å². The second-order valence-corrected chi connectivity index (χ2v) is 5.29. The maximum Gasteiger partial charge on any atom is 0.325 e. The van der Waals surface area contributed by atoms with Crippen LogP contribution in [0.15, 0.2) is 30.6 Å². The minimum absolute atomic E-state index is 0.336. The number of aliphatic carboxylic acids is 1. The number of carbonyl (C=O) groups is 1. The molecule has 1 N–H and O–H groups in total. The molecule has 0 amide bonds. The number of hydrogen-bond acceptors (Lipinski definition) is 3. The average Bonchev–Trinajstić information content (AvgIpc) is 2.89. The highest BCUT2D eigenvalue weighted by Crippen LogP contribution is 2.23. The summed E-state index contributed by atoms with van der Waals surface area (Å²) in [6, 6.07) is 3.56. The number of aryl methyl sites for hydroxylation is 2. The van der Waals surface area contributed by atoms with Crippen molar-refractivity contribution in [2.75, 3.05) is 7.05 Å².